The molecule has 1 heterocycles. The Hall–Kier alpha value is -1.77. The number of fused-ring (bicyclic) bond motifs is 1. The third-order valence-corrected chi connectivity index (χ3v) is 3.15. The molecular formula is C14H17NO2. The molecule has 0 aliphatic heterocycles. The summed E-state index contributed by atoms with van der Waals surface area (Å²) in [5.41, 5.74) is 1.22. The van der Waals surface area contributed by atoms with Crippen LogP contribution in [-0.4, -0.2) is 15.6 Å². The van der Waals surface area contributed by atoms with Crippen LogP contribution in [0.2, 0.25) is 0 Å². The zero-order valence-corrected chi connectivity index (χ0v) is 10.2. The van der Waals surface area contributed by atoms with Crippen molar-refractivity contribution in [3.05, 3.63) is 36.0 Å². The van der Waals surface area contributed by atoms with Gasteiger partial charge in [-0.05, 0) is 25.5 Å². The van der Waals surface area contributed by atoms with E-state index in [2.05, 4.69) is 18.4 Å². The summed E-state index contributed by atoms with van der Waals surface area (Å²) in [6.07, 6.45) is 4.13. The van der Waals surface area contributed by atoms with E-state index in [4.69, 9.17) is 0 Å². The summed E-state index contributed by atoms with van der Waals surface area (Å²) in [6, 6.07) is 7.73. The maximum Gasteiger partial charge on any atom is 0.337 e. The Labute approximate surface area is 101 Å². The fraction of sp³-hybridized carbons (Fsp3) is 0.357. The molecule has 0 bridgehead atoms. The molecule has 2 aromatic rings. The predicted octanol–water partition coefficient (Wildman–Crippen LogP) is 3.70. The van der Waals surface area contributed by atoms with Crippen LogP contribution in [0.5, 0.6) is 0 Å². The number of hydrogen-bond donors (Lipinski definition) is 1. The molecule has 0 radical (unpaired) electrons. The lowest BCUT2D eigenvalue weighted by Gasteiger charge is -2.15. The molecule has 0 amide bonds. The van der Waals surface area contributed by atoms with E-state index >= 15 is 0 Å². The first-order chi connectivity index (χ1) is 8.15. The van der Waals surface area contributed by atoms with Gasteiger partial charge in [-0.15, -0.1) is 0 Å². The van der Waals surface area contributed by atoms with E-state index in [1.807, 2.05) is 18.3 Å². The van der Waals surface area contributed by atoms with Crippen LogP contribution in [0.4, 0.5) is 0 Å². The molecule has 3 nitrogen and oxygen atoms in total. The lowest BCUT2D eigenvalue weighted by atomic mass is 10.1. The molecule has 0 aliphatic rings. The van der Waals surface area contributed by atoms with E-state index in [0.29, 0.717) is 11.6 Å². The molecule has 0 saturated heterocycles. The number of carbonyl (C=O) groups is 1. The highest BCUT2D eigenvalue weighted by molar-refractivity contribution is 6.02. The molecular weight excluding hydrogens is 214 g/mol. The lowest BCUT2D eigenvalue weighted by molar-refractivity contribution is 0.0698. The second kappa shape index (κ2) is 4.62. The summed E-state index contributed by atoms with van der Waals surface area (Å²) in [4.78, 5) is 11.2. The average molecular weight is 231 g/mol. The second-order valence-electron chi connectivity index (χ2n) is 4.41. The highest BCUT2D eigenvalue weighted by atomic mass is 16.4. The molecule has 17 heavy (non-hydrogen) atoms. The largest absolute Gasteiger partial charge is 0.478 e. The van der Waals surface area contributed by atoms with Gasteiger partial charge in [-0.3, -0.25) is 0 Å². The van der Waals surface area contributed by atoms with Crippen LogP contribution in [0.1, 0.15) is 43.1 Å². The van der Waals surface area contributed by atoms with Gasteiger partial charge in [-0.1, -0.05) is 25.5 Å². The number of benzene rings is 1. The normalized spacial score (nSPS) is 12.8. The van der Waals surface area contributed by atoms with Gasteiger partial charge in [0.05, 0.1) is 11.1 Å². The van der Waals surface area contributed by atoms with Crippen LogP contribution in [0.15, 0.2) is 30.5 Å². The number of hydrogen-bond acceptors (Lipinski definition) is 1. The van der Waals surface area contributed by atoms with E-state index in [-0.39, 0.29) is 0 Å². The highest BCUT2D eigenvalue weighted by Crippen LogP contribution is 2.25. The Morgan fingerprint density at radius 3 is 2.82 bits per heavy atom. The number of aromatic nitrogens is 1. The molecule has 2 rings (SSSR count). The molecule has 3 heteroatoms. The number of para-hydroxylation sites is 1. The van der Waals surface area contributed by atoms with Crippen LogP contribution in [-0.2, 0) is 0 Å². The molecule has 0 spiro atoms. The molecule has 0 aliphatic carbocycles. The fourth-order valence-corrected chi connectivity index (χ4v) is 2.32. The van der Waals surface area contributed by atoms with Crippen LogP contribution in [0.3, 0.4) is 0 Å². The van der Waals surface area contributed by atoms with Gasteiger partial charge in [0.2, 0.25) is 0 Å². The summed E-state index contributed by atoms with van der Waals surface area (Å²) < 4.78 is 2.07. The molecule has 0 fully saturated rings. The first-order valence-electron chi connectivity index (χ1n) is 5.98. The Kier molecular flexibility index (Phi) is 3.18. The van der Waals surface area contributed by atoms with Gasteiger partial charge in [0.25, 0.3) is 0 Å². The first-order valence-corrected chi connectivity index (χ1v) is 5.98. The van der Waals surface area contributed by atoms with Crippen LogP contribution < -0.4 is 0 Å². The Morgan fingerprint density at radius 2 is 2.18 bits per heavy atom. The van der Waals surface area contributed by atoms with E-state index in [1.165, 1.54) is 0 Å². The molecule has 1 aromatic carbocycles. The molecule has 1 atom stereocenters. The van der Waals surface area contributed by atoms with E-state index in [1.54, 1.807) is 12.1 Å². The van der Waals surface area contributed by atoms with Gasteiger partial charge in [-0.25, -0.2) is 4.79 Å². The van der Waals surface area contributed by atoms with Crippen molar-refractivity contribution in [3.63, 3.8) is 0 Å². The monoisotopic (exact) mass is 231 g/mol. The molecule has 1 N–H and O–H groups in total. The van der Waals surface area contributed by atoms with Crippen molar-refractivity contribution >= 4 is 16.9 Å². The molecule has 1 aromatic heterocycles. The molecule has 90 valence electrons. The summed E-state index contributed by atoms with van der Waals surface area (Å²) in [5.74, 6) is -0.862. The van der Waals surface area contributed by atoms with Gasteiger partial charge in [0, 0.05) is 17.6 Å². The Balaban J connectivity index is 2.61. The zero-order chi connectivity index (χ0) is 12.4. The summed E-state index contributed by atoms with van der Waals surface area (Å²) in [7, 11) is 0. The van der Waals surface area contributed by atoms with Gasteiger partial charge >= 0.3 is 5.97 Å². The minimum atomic E-state index is -0.862. The standard InChI is InChI=1S/C14H17NO2/c1-3-5-10(2)15-9-8-11-6-4-7-12(13(11)15)14(16)17/h4,6-10H,3,5H2,1-2H3,(H,16,17). The van der Waals surface area contributed by atoms with Gasteiger partial charge in [0.1, 0.15) is 0 Å². The average Bonchev–Trinajstić information content (AvgIpc) is 2.72. The van der Waals surface area contributed by atoms with Crippen molar-refractivity contribution in [1.29, 1.82) is 0 Å². The minimum Gasteiger partial charge on any atom is -0.478 e. The number of carboxylic acid groups (broad SMARTS) is 1. The smallest absolute Gasteiger partial charge is 0.337 e. The topological polar surface area (TPSA) is 42.2 Å². The van der Waals surface area contributed by atoms with Crippen LogP contribution >= 0.6 is 0 Å². The summed E-state index contributed by atoms with van der Waals surface area (Å²) in [6.45, 7) is 4.27. The maximum absolute atomic E-state index is 11.2. The van der Waals surface area contributed by atoms with Crippen molar-refractivity contribution < 1.29 is 9.90 Å². The van der Waals surface area contributed by atoms with Crippen molar-refractivity contribution in [1.82, 2.24) is 4.57 Å². The van der Waals surface area contributed by atoms with E-state index < -0.39 is 5.97 Å². The fourth-order valence-electron chi connectivity index (χ4n) is 2.32. The Morgan fingerprint density at radius 1 is 1.41 bits per heavy atom. The van der Waals surface area contributed by atoms with Crippen LogP contribution in [0.25, 0.3) is 10.9 Å². The van der Waals surface area contributed by atoms with Crippen molar-refractivity contribution in [2.45, 2.75) is 32.7 Å². The summed E-state index contributed by atoms with van der Waals surface area (Å²) in [5, 5.41) is 10.2. The van der Waals surface area contributed by atoms with Gasteiger partial charge < -0.3 is 9.67 Å². The number of carboxylic acids is 1. The molecule has 0 saturated carbocycles. The van der Waals surface area contributed by atoms with Gasteiger partial charge in [0.15, 0.2) is 0 Å². The Bertz CT molecular complexity index is 542. The summed E-state index contributed by atoms with van der Waals surface area (Å²) >= 11 is 0. The van der Waals surface area contributed by atoms with Crippen molar-refractivity contribution in [2.75, 3.05) is 0 Å². The van der Waals surface area contributed by atoms with Crippen molar-refractivity contribution in [3.8, 4) is 0 Å². The third kappa shape index (κ3) is 2.05. The van der Waals surface area contributed by atoms with E-state index in [9.17, 15) is 9.90 Å². The zero-order valence-electron chi connectivity index (χ0n) is 10.2. The number of aromatic carboxylic acids is 1. The second-order valence-corrected chi connectivity index (χ2v) is 4.41. The van der Waals surface area contributed by atoms with E-state index in [0.717, 1.165) is 23.7 Å². The predicted molar refractivity (Wildman–Crippen MR) is 68.5 cm³/mol. The first kappa shape index (κ1) is 11.7. The minimum absolute atomic E-state index is 0.331. The number of nitrogens with zero attached hydrogens (tertiary/aromatic N) is 1. The lowest BCUT2D eigenvalue weighted by Crippen LogP contribution is -2.07. The van der Waals surface area contributed by atoms with Gasteiger partial charge in [-0.2, -0.15) is 0 Å². The third-order valence-electron chi connectivity index (χ3n) is 3.15. The highest BCUT2D eigenvalue weighted by Gasteiger charge is 2.14. The quantitative estimate of drug-likeness (QED) is 0.871. The van der Waals surface area contributed by atoms with Crippen LogP contribution in [0, 0.1) is 0 Å². The molecule has 1 unspecified atom stereocenters. The van der Waals surface area contributed by atoms with Crippen molar-refractivity contribution in [2.24, 2.45) is 0 Å². The maximum atomic E-state index is 11.2. The SMILES string of the molecule is CCCC(C)n1ccc2cccc(C(=O)O)c21. The number of rotatable bonds is 4.